The molecule has 11 heteroatoms. The third kappa shape index (κ3) is 4.01. The van der Waals surface area contributed by atoms with Gasteiger partial charge in [-0.3, -0.25) is 4.79 Å². The number of thioether (sulfide) groups is 1. The molecule has 2 aromatic heterocycles. The number of rotatable bonds is 5. The molecule has 4 heterocycles. The first-order chi connectivity index (χ1) is 14.8. The molecule has 2 saturated heterocycles. The van der Waals surface area contributed by atoms with Gasteiger partial charge in [-0.1, -0.05) is 23.1 Å². The summed E-state index contributed by atoms with van der Waals surface area (Å²) in [6.07, 6.45) is -1.77. The van der Waals surface area contributed by atoms with Gasteiger partial charge in [-0.05, 0) is 31.5 Å². The SMILES string of the molecule is Cc1nc(SCC(=O)c2cnc(N3CC4CC3CN4)s2)c2cc(C(F)(F)F)ccc2n1. The number of anilines is 1. The molecule has 0 aliphatic carbocycles. The van der Waals surface area contributed by atoms with Crippen molar-refractivity contribution in [2.75, 3.05) is 23.7 Å². The summed E-state index contributed by atoms with van der Waals surface area (Å²) < 4.78 is 39.4. The molecule has 162 valence electrons. The molecule has 2 bridgehead atoms. The van der Waals surface area contributed by atoms with E-state index in [4.69, 9.17) is 0 Å². The highest BCUT2D eigenvalue weighted by molar-refractivity contribution is 8.00. The van der Waals surface area contributed by atoms with E-state index in [0.717, 1.165) is 48.5 Å². The van der Waals surface area contributed by atoms with Gasteiger partial charge >= 0.3 is 6.18 Å². The topological polar surface area (TPSA) is 71.0 Å². The highest BCUT2D eigenvalue weighted by Gasteiger charge is 2.39. The van der Waals surface area contributed by atoms with Crippen molar-refractivity contribution in [3.8, 4) is 0 Å². The maximum atomic E-state index is 13.1. The maximum Gasteiger partial charge on any atom is 0.416 e. The Morgan fingerprint density at radius 1 is 1.35 bits per heavy atom. The number of halogens is 3. The van der Waals surface area contributed by atoms with Gasteiger partial charge in [0.05, 0.1) is 27.9 Å². The van der Waals surface area contributed by atoms with Crippen LogP contribution in [-0.4, -0.2) is 51.7 Å². The molecule has 2 fully saturated rings. The number of nitrogens with one attached hydrogen (secondary N) is 1. The fourth-order valence-electron chi connectivity index (χ4n) is 4.02. The average Bonchev–Trinajstić information content (AvgIpc) is 3.47. The van der Waals surface area contributed by atoms with Gasteiger partial charge in [-0.15, -0.1) is 0 Å². The van der Waals surface area contributed by atoms with Crippen molar-refractivity contribution < 1.29 is 18.0 Å². The fraction of sp³-hybridized carbons (Fsp3) is 0.400. The minimum Gasteiger partial charge on any atom is -0.342 e. The second kappa shape index (κ2) is 7.72. The third-order valence-electron chi connectivity index (χ3n) is 5.51. The van der Waals surface area contributed by atoms with Crippen LogP contribution in [0.25, 0.3) is 10.9 Å². The van der Waals surface area contributed by atoms with Crippen molar-refractivity contribution in [1.29, 1.82) is 0 Å². The van der Waals surface area contributed by atoms with Crippen molar-refractivity contribution in [1.82, 2.24) is 20.3 Å². The largest absolute Gasteiger partial charge is 0.416 e. The monoisotopic (exact) mass is 465 g/mol. The molecule has 31 heavy (non-hydrogen) atoms. The van der Waals surface area contributed by atoms with Gasteiger partial charge < -0.3 is 10.2 Å². The number of nitrogens with zero attached hydrogens (tertiary/aromatic N) is 4. The lowest BCUT2D eigenvalue weighted by molar-refractivity contribution is -0.137. The Morgan fingerprint density at radius 3 is 2.90 bits per heavy atom. The summed E-state index contributed by atoms with van der Waals surface area (Å²) in [5, 5.41) is 4.95. The average molecular weight is 466 g/mol. The number of carbonyl (C=O) groups excluding carboxylic acids is 1. The number of alkyl halides is 3. The number of ketones is 1. The Balaban J connectivity index is 1.34. The lowest BCUT2D eigenvalue weighted by atomic mass is 10.1. The molecule has 2 unspecified atom stereocenters. The summed E-state index contributed by atoms with van der Waals surface area (Å²) in [5.74, 6) is 0.393. The lowest BCUT2D eigenvalue weighted by Crippen LogP contribution is -2.43. The van der Waals surface area contributed by atoms with Crippen molar-refractivity contribution in [2.45, 2.75) is 36.6 Å². The third-order valence-corrected chi connectivity index (χ3v) is 7.58. The van der Waals surface area contributed by atoms with Crippen molar-refractivity contribution in [3.63, 3.8) is 0 Å². The number of Topliss-reactive ketones (excluding diaryl/α,β-unsaturated/α-hetero) is 1. The number of carbonyl (C=O) groups is 1. The summed E-state index contributed by atoms with van der Waals surface area (Å²) in [4.78, 5) is 28.5. The van der Waals surface area contributed by atoms with E-state index < -0.39 is 11.7 Å². The van der Waals surface area contributed by atoms with Crippen LogP contribution >= 0.6 is 23.1 Å². The van der Waals surface area contributed by atoms with Crippen LogP contribution in [0.4, 0.5) is 18.3 Å². The maximum absolute atomic E-state index is 13.1. The smallest absolute Gasteiger partial charge is 0.342 e. The summed E-state index contributed by atoms with van der Waals surface area (Å²) >= 11 is 2.50. The van der Waals surface area contributed by atoms with Crippen LogP contribution in [0, 0.1) is 6.92 Å². The molecule has 1 aromatic carbocycles. The van der Waals surface area contributed by atoms with Crippen LogP contribution in [0.5, 0.6) is 0 Å². The van der Waals surface area contributed by atoms with Gasteiger partial charge in [0, 0.05) is 30.6 Å². The van der Waals surface area contributed by atoms with Crippen molar-refractivity contribution in [2.24, 2.45) is 0 Å². The van der Waals surface area contributed by atoms with Crippen LogP contribution < -0.4 is 10.2 Å². The van der Waals surface area contributed by atoms with Gasteiger partial charge in [0.2, 0.25) is 0 Å². The minimum atomic E-state index is -4.46. The molecule has 3 aromatic rings. The number of aryl methyl sites for hydroxylation is 1. The molecule has 2 atom stereocenters. The molecule has 6 nitrogen and oxygen atoms in total. The first-order valence-electron chi connectivity index (χ1n) is 9.75. The lowest BCUT2D eigenvalue weighted by Gasteiger charge is -2.26. The van der Waals surface area contributed by atoms with Gasteiger partial charge in [0.1, 0.15) is 10.9 Å². The normalized spacial score (nSPS) is 20.7. The van der Waals surface area contributed by atoms with Gasteiger partial charge in [0.15, 0.2) is 10.9 Å². The van der Waals surface area contributed by atoms with E-state index in [1.165, 1.54) is 17.4 Å². The van der Waals surface area contributed by atoms with E-state index in [2.05, 4.69) is 25.2 Å². The predicted octanol–water partition coefficient (Wildman–Crippen LogP) is 3.94. The highest BCUT2D eigenvalue weighted by Crippen LogP contribution is 2.35. The zero-order chi connectivity index (χ0) is 21.8. The summed E-state index contributed by atoms with van der Waals surface area (Å²) in [6, 6.07) is 4.30. The highest BCUT2D eigenvalue weighted by atomic mass is 32.2. The van der Waals surface area contributed by atoms with Crippen LogP contribution in [0.15, 0.2) is 29.4 Å². The zero-order valence-corrected chi connectivity index (χ0v) is 18.1. The number of hydrogen-bond acceptors (Lipinski definition) is 8. The van der Waals surface area contributed by atoms with Crippen LogP contribution in [0.3, 0.4) is 0 Å². The molecule has 5 rings (SSSR count). The number of thiazole rings is 1. The molecule has 2 aliphatic rings. The Labute approximate surface area is 184 Å². The standard InChI is InChI=1S/C20H18F3N5OS2/c1-10-26-15-3-2-11(20(21,22)23)4-14(15)18(27-10)30-9-16(29)17-7-25-19(31-17)28-8-12-5-13(28)6-24-12/h2-4,7,12-13,24H,5-6,8-9H2,1H3. The predicted molar refractivity (Wildman–Crippen MR) is 114 cm³/mol. The van der Waals surface area contributed by atoms with Crippen molar-refractivity contribution in [3.05, 3.63) is 40.7 Å². The number of fused-ring (bicyclic) bond motifs is 3. The van der Waals surface area contributed by atoms with E-state index in [9.17, 15) is 18.0 Å². The first-order valence-corrected chi connectivity index (χ1v) is 11.6. The Morgan fingerprint density at radius 2 is 2.19 bits per heavy atom. The Hall–Kier alpha value is -2.24. The van der Waals surface area contributed by atoms with Crippen LogP contribution in [-0.2, 0) is 6.18 Å². The first kappa shape index (κ1) is 20.7. The van der Waals surface area contributed by atoms with E-state index in [1.807, 2.05) is 0 Å². The number of aromatic nitrogens is 3. The summed E-state index contributed by atoms with van der Waals surface area (Å²) in [7, 11) is 0. The van der Waals surface area contributed by atoms with Crippen molar-refractivity contribution >= 4 is 44.9 Å². The number of piperazine rings is 1. The van der Waals surface area contributed by atoms with E-state index >= 15 is 0 Å². The number of hydrogen-bond donors (Lipinski definition) is 1. The number of benzene rings is 1. The molecule has 0 spiro atoms. The zero-order valence-electron chi connectivity index (χ0n) is 16.4. The van der Waals surface area contributed by atoms with Gasteiger partial charge in [-0.2, -0.15) is 13.2 Å². The second-order valence-electron chi connectivity index (χ2n) is 7.67. The van der Waals surface area contributed by atoms with Crippen LogP contribution in [0.2, 0.25) is 0 Å². The molecule has 2 aliphatic heterocycles. The Bertz CT molecular complexity index is 1170. The molecular formula is C20H18F3N5OS2. The van der Waals surface area contributed by atoms with Gasteiger partial charge in [0.25, 0.3) is 0 Å². The Kier molecular flexibility index (Phi) is 5.14. The molecular weight excluding hydrogens is 447 g/mol. The molecule has 0 radical (unpaired) electrons. The van der Waals surface area contributed by atoms with E-state index in [-0.39, 0.29) is 11.5 Å². The molecule has 0 amide bonds. The minimum absolute atomic E-state index is 0.0665. The summed E-state index contributed by atoms with van der Waals surface area (Å²) in [6.45, 7) is 3.51. The van der Waals surface area contributed by atoms with E-state index in [0.29, 0.717) is 38.7 Å². The summed E-state index contributed by atoms with van der Waals surface area (Å²) in [5.41, 5.74) is -0.338. The van der Waals surface area contributed by atoms with E-state index in [1.54, 1.807) is 13.1 Å². The molecule has 1 N–H and O–H groups in total. The second-order valence-corrected chi connectivity index (χ2v) is 9.64. The molecule has 0 saturated carbocycles. The van der Waals surface area contributed by atoms with Crippen LogP contribution in [0.1, 0.15) is 27.5 Å². The fourth-order valence-corrected chi connectivity index (χ4v) is 5.99. The quantitative estimate of drug-likeness (QED) is 0.348. The van der Waals surface area contributed by atoms with Gasteiger partial charge in [-0.25, -0.2) is 15.0 Å².